The molecule has 1 rings (SSSR count). The molecule has 0 aliphatic heterocycles. The molecule has 0 atom stereocenters. The Morgan fingerprint density at radius 2 is 1.80 bits per heavy atom. The van der Waals surface area contributed by atoms with E-state index in [4.69, 9.17) is 39.5 Å². The van der Waals surface area contributed by atoms with Gasteiger partial charge in [-0.2, -0.15) is 0 Å². The number of hydrogen-bond acceptors (Lipinski definition) is 5. The minimum atomic E-state index is -0.926. The summed E-state index contributed by atoms with van der Waals surface area (Å²) < 4.78 is 4.86. The molecule has 0 aliphatic rings. The number of esters is 1. The molecule has 1 aromatic heterocycles. The van der Waals surface area contributed by atoms with Crippen LogP contribution in [0.15, 0.2) is 6.20 Å². The monoisotopic (exact) mass is 409 g/mol. The molecule has 25 heavy (non-hydrogen) atoms. The predicted octanol–water partition coefficient (Wildman–Crippen LogP) is 2.57. The van der Waals surface area contributed by atoms with Crippen LogP contribution >= 0.6 is 34.8 Å². The van der Waals surface area contributed by atoms with E-state index in [-0.39, 0.29) is 33.2 Å². The fraction of sp³-hybridized carbons (Fsp3) is 0.467. The molecule has 0 radical (unpaired) electrons. The molecule has 1 aromatic rings. The van der Waals surface area contributed by atoms with Gasteiger partial charge in [0.05, 0.1) is 21.6 Å². The number of hydrogen-bond donors (Lipinski definition) is 1. The number of likely N-dealkylation sites (N-methyl/N-ethyl adjacent to an activating group) is 1. The summed E-state index contributed by atoms with van der Waals surface area (Å²) in [6.07, 6.45) is 1.15. The Kier molecular flexibility index (Phi) is 7.46. The van der Waals surface area contributed by atoms with E-state index < -0.39 is 24.0 Å². The first-order chi connectivity index (χ1) is 11.4. The Balaban J connectivity index is 2.60. The zero-order valence-electron chi connectivity index (χ0n) is 14.2. The number of pyridine rings is 1. The molecule has 2 amide bonds. The molecule has 0 aromatic carbocycles. The fourth-order valence-corrected chi connectivity index (χ4v) is 2.21. The van der Waals surface area contributed by atoms with E-state index in [9.17, 15) is 14.4 Å². The van der Waals surface area contributed by atoms with Gasteiger partial charge in [0.1, 0.15) is 0 Å². The number of halogens is 3. The Hall–Kier alpha value is -1.57. The largest absolute Gasteiger partial charge is 0.451 e. The first-order valence-electron chi connectivity index (χ1n) is 7.14. The number of ether oxygens (including phenoxy) is 1. The van der Waals surface area contributed by atoms with Crippen LogP contribution in [0.1, 0.15) is 31.3 Å². The Labute approximate surface area is 160 Å². The Bertz CT molecular complexity index is 689. The van der Waals surface area contributed by atoms with Crippen molar-refractivity contribution in [2.45, 2.75) is 26.3 Å². The molecule has 0 unspecified atom stereocenters. The van der Waals surface area contributed by atoms with Gasteiger partial charge in [0.25, 0.3) is 5.91 Å². The van der Waals surface area contributed by atoms with Gasteiger partial charge in [0.2, 0.25) is 5.91 Å². The van der Waals surface area contributed by atoms with Gasteiger partial charge in [-0.3, -0.25) is 9.59 Å². The topological polar surface area (TPSA) is 88.6 Å². The van der Waals surface area contributed by atoms with E-state index in [1.807, 2.05) is 20.8 Å². The minimum absolute atomic E-state index is 0.0346. The van der Waals surface area contributed by atoms with Crippen molar-refractivity contribution in [2.75, 3.05) is 20.2 Å². The van der Waals surface area contributed by atoms with Crippen LogP contribution in [0, 0.1) is 0 Å². The quantitative estimate of drug-likeness (QED) is 0.754. The third-order valence-corrected chi connectivity index (χ3v) is 4.00. The second kappa shape index (κ2) is 8.69. The maximum absolute atomic E-state index is 12.0. The molecular weight excluding hydrogens is 393 g/mol. The molecule has 0 aliphatic carbocycles. The molecule has 0 saturated carbocycles. The van der Waals surface area contributed by atoms with Gasteiger partial charge < -0.3 is 15.0 Å². The lowest BCUT2D eigenvalue weighted by Gasteiger charge is -2.23. The van der Waals surface area contributed by atoms with Gasteiger partial charge in [0, 0.05) is 18.8 Å². The van der Waals surface area contributed by atoms with Crippen molar-refractivity contribution < 1.29 is 19.1 Å². The van der Waals surface area contributed by atoms with E-state index in [2.05, 4.69) is 10.3 Å². The summed E-state index contributed by atoms with van der Waals surface area (Å²) in [5.74, 6) is -1.82. The van der Waals surface area contributed by atoms with Crippen LogP contribution in [-0.4, -0.2) is 53.4 Å². The standard InChI is InChI=1S/C15H18Cl3N3O4/c1-15(2,3)20-9(22)6-21(4)10(23)7-25-14(24)13-12(18)11(17)8(16)5-19-13/h5H,6-7H2,1-4H3,(H,20,22). The van der Waals surface area contributed by atoms with Crippen LogP contribution < -0.4 is 5.32 Å². The van der Waals surface area contributed by atoms with Gasteiger partial charge >= 0.3 is 5.97 Å². The summed E-state index contributed by atoms with van der Waals surface area (Å²) in [7, 11) is 1.42. The first-order valence-corrected chi connectivity index (χ1v) is 8.27. The zero-order valence-corrected chi connectivity index (χ0v) is 16.4. The van der Waals surface area contributed by atoms with Crippen LogP contribution in [0.5, 0.6) is 0 Å². The van der Waals surface area contributed by atoms with Gasteiger partial charge in [-0.15, -0.1) is 0 Å². The highest BCUT2D eigenvalue weighted by Crippen LogP contribution is 2.31. The van der Waals surface area contributed by atoms with Gasteiger partial charge in [-0.1, -0.05) is 34.8 Å². The highest BCUT2D eigenvalue weighted by atomic mass is 35.5. The van der Waals surface area contributed by atoms with Crippen molar-refractivity contribution in [1.82, 2.24) is 15.2 Å². The molecule has 0 saturated heterocycles. The number of nitrogens with one attached hydrogen (secondary N) is 1. The molecular formula is C15H18Cl3N3O4. The smallest absolute Gasteiger partial charge is 0.359 e. The van der Waals surface area contributed by atoms with Crippen LogP contribution in [0.25, 0.3) is 0 Å². The first kappa shape index (κ1) is 21.5. The van der Waals surface area contributed by atoms with Gasteiger partial charge in [-0.25, -0.2) is 9.78 Å². The third kappa shape index (κ3) is 6.68. The molecule has 0 fully saturated rings. The minimum Gasteiger partial charge on any atom is -0.451 e. The summed E-state index contributed by atoms with van der Waals surface area (Å²) in [4.78, 5) is 40.6. The average Bonchev–Trinajstić information content (AvgIpc) is 2.48. The van der Waals surface area contributed by atoms with E-state index in [0.717, 1.165) is 11.1 Å². The molecule has 0 spiro atoms. The molecule has 1 heterocycles. The number of carbonyl (C=O) groups is 3. The van der Waals surface area contributed by atoms with Crippen molar-refractivity contribution in [3.63, 3.8) is 0 Å². The molecule has 138 valence electrons. The van der Waals surface area contributed by atoms with Crippen LogP contribution in [0.4, 0.5) is 0 Å². The summed E-state index contributed by atoms with van der Waals surface area (Å²) in [6, 6.07) is 0. The van der Waals surface area contributed by atoms with E-state index in [1.54, 1.807) is 0 Å². The van der Waals surface area contributed by atoms with Gasteiger partial charge in [0.15, 0.2) is 12.3 Å². The molecule has 0 bridgehead atoms. The number of carbonyl (C=O) groups excluding carboxylic acids is 3. The molecule has 10 heteroatoms. The highest BCUT2D eigenvalue weighted by Gasteiger charge is 2.22. The van der Waals surface area contributed by atoms with E-state index in [1.165, 1.54) is 7.05 Å². The SMILES string of the molecule is CN(CC(=O)NC(C)(C)C)C(=O)COC(=O)c1ncc(Cl)c(Cl)c1Cl. The zero-order chi connectivity index (χ0) is 19.4. The number of rotatable bonds is 5. The maximum Gasteiger partial charge on any atom is 0.359 e. The van der Waals surface area contributed by atoms with Crippen molar-refractivity contribution in [3.8, 4) is 0 Å². The van der Waals surface area contributed by atoms with Gasteiger partial charge in [-0.05, 0) is 20.8 Å². The van der Waals surface area contributed by atoms with Crippen molar-refractivity contribution in [1.29, 1.82) is 0 Å². The normalized spacial score (nSPS) is 11.0. The number of amides is 2. The van der Waals surface area contributed by atoms with Crippen molar-refractivity contribution >= 4 is 52.6 Å². The van der Waals surface area contributed by atoms with Crippen LogP contribution in [-0.2, 0) is 14.3 Å². The summed E-state index contributed by atoms with van der Waals surface area (Å²) in [5.41, 5.74) is -0.666. The lowest BCUT2D eigenvalue weighted by atomic mass is 10.1. The maximum atomic E-state index is 12.0. The predicted molar refractivity (Wildman–Crippen MR) is 95.1 cm³/mol. The molecule has 7 nitrogen and oxygen atoms in total. The second-order valence-electron chi connectivity index (χ2n) is 6.21. The van der Waals surface area contributed by atoms with Crippen LogP contribution in [0.3, 0.4) is 0 Å². The van der Waals surface area contributed by atoms with Crippen LogP contribution in [0.2, 0.25) is 15.1 Å². The van der Waals surface area contributed by atoms with E-state index in [0.29, 0.717) is 0 Å². The van der Waals surface area contributed by atoms with E-state index >= 15 is 0 Å². The summed E-state index contributed by atoms with van der Waals surface area (Å²) in [5, 5.41) is 2.61. The lowest BCUT2D eigenvalue weighted by molar-refractivity contribution is -0.137. The van der Waals surface area contributed by atoms with Crippen molar-refractivity contribution in [2.24, 2.45) is 0 Å². The fourth-order valence-electron chi connectivity index (χ4n) is 1.65. The summed E-state index contributed by atoms with van der Waals surface area (Å²) >= 11 is 17.4. The highest BCUT2D eigenvalue weighted by molar-refractivity contribution is 6.48. The third-order valence-electron chi connectivity index (χ3n) is 2.76. The average molecular weight is 411 g/mol. The second-order valence-corrected chi connectivity index (χ2v) is 7.37. The summed E-state index contributed by atoms with van der Waals surface area (Å²) in [6.45, 7) is 4.73. The Morgan fingerprint density at radius 1 is 1.20 bits per heavy atom. The Morgan fingerprint density at radius 3 is 2.36 bits per heavy atom. The van der Waals surface area contributed by atoms with Crippen molar-refractivity contribution in [3.05, 3.63) is 27.0 Å². The number of aromatic nitrogens is 1. The molecule has 1 N–H and O–H groups in total. The lowest BCUT2D eigenvalue weighted by Crippen LogP contribution is -2.46. The number of nitrogens with zero attached hydrogens (tertiary/aromatic N) is 2.